The minimum atomic E-state index is -0.224. The van der Waals surface area contributed by atoms with Crippen molar-refractivity contribution in [2.75, 3.05) is 19.0 Å². The molecule has 2 N–H and O–H groups in total. The van der Waals surface area contributed by atoms with Crippen molar-refractivity contribution in [1.82, 2.24) is 4.98 Å². The van der Waals surface area contributed by atoms with Crippen molar-refractivity contribution < 1.29 is 10.2 Å². The molecule has 0 radical (unpaired) electrons. The van der Waals surface area contributed by atoms with Gasteiger partial charge in [0.05, 0.1) is 23.7 Å². The molecule has 2 aromatic rings. The van der Waals surface area contributed by atoms with Crippen molar-refractivity contribution in [3.8, 4) is 5.75 Å². The molecule has 0 fully saturated rings. The molecule has 0 bridgehead atoms. The van der Waals surface area contributed by atoms with Crippen LogP contribution in [0.1, 0.15) is 16.8 Å². The molecule has 6 heteroatoms. The second kappa shape index (κ2) is 6.77. The molecule has 0 spiro atoms. The van der Waals surface area contributed by atoms with Crippen LogP contribution in [-0.4, -0.2) is 35.5 Å². The Kier molecular flexibility index (Phi) is 5.00. The predicted molar refractivity (Wildman–Crippen MR) is 89.6 cm³/mol. The number of hydrogen-bond donors (Lipinski definition) is 2. The number of anilines is 1. The highest BCUT2D eigenvalue weighted by molar-refractivity contribution is 6.31. The lowest BCUT2D eigenvalue weighted by molar-refractivity contribution is 0.280. The van der Waals surface area contributed by atoms with Crippen LogP contribution < -0.4 is 4.90 Å². The predicted octanol–water partition coefficient (Wildman–Crippen LogP) is 3.06. The number of benzene rings is 1. The van der Waals surface area contributed by atoms with E-state index in [1.165, 1.54) is 12.4 Å². The summed E-state index contributed by atoms with van der Waals surface area (Å²) in [4.78, 5) is 10.4. The zero-order valence-electron chi connectivity index (χ0n) is 12.7. The zero-order chi connectivity index (χ0) is 16.3. The number of rotatable bonds is 4. The molecule has 0 aliphatic carbocycles. The van der Waals surface area contributed by atoms with Gasteiger partial charge in [-0.15, -0.1) is 0 Å². The number of aromatic hydroxyl groups is 1. The summed E-state index contributed by atoms with van der Waals surface area (Å²) in [5, 5.41) is 20.1. The third kappa shape index (κ3) is 3.37. The fraction of sp³-hybridized carbons (Fsp3) is 0.250. The van der Waals surface area contributed by atoms with Crippen LogP contribution in [0.5, 0.6) is 5.75 Å². The van der Waals surface area contributed by atoms with Crippen LogP contribution in [0, 0.1) is 6.92 Å². The van der Waals surface area contributed by atoms with Gasteiger partial charge in [-0.2, -0.15) is 0 Å². The van der Waals surface area contributed by atoms with E-state index in [2.05, 4.69) is 9.98 Å². The quantitative estimate of drug-likeness (QED) is 0.850. The molecule has 1 aromatic heterocycles. The van der Waals surface area contributed by atoms with E-state index in [-0.39, 0.29) is 12.4 Å². The molecule has 0 saturated carbocycles. The number of halogens is 1. The first kappa shape index (κ1) is 16.3. The lowest BCUT2D eigenvalue weighted by atomic mass is 10.1. The molecule has 0 saturated heterocycles. The van der Waals surface area contributed by atoms with Gasteiger partial charge in [0, 0.05) is 42.7 Å². The van der Waals surface area contributed by atoms with Gasteiger partial charge in [0.25, 0.3) is 0 Å². The molecule has 1 heterocycles. The Balaban J connectivity index is 2.50. The SMILES string of the molecule is Cc1ncc(CO)c(C=Nc2cc(Cl)ccc2N(C)C)c1O. The van der Waals surface area contributed by atoms with Gasteiger partial charge in [0.2, 0.25) is 0 Å². The second-order valence-electron chi connectivity index (χ2n) is 5.07. The van der Waals surface area contributed by atoms with Gasteiger partial charge in [0.15, 0.2) is 0 Å². The van der Waals surface area contributed by atoms with Crippen molar-refractivity contribution in [3.63, 3.8) is 0 Å². The number of aliphatic hydroxyl groups excluding tert-OH is 1. The molecule has 0 amide bonds. The molecule has 0 aliphatic rings. The van der Waals surface area contributed by atoms with Crippen molar-refractivity contribution in [2.24, 2.45) is 4.99 Å². The molecule has 0 aliphatic heterocycles. The molecular weight excluding hydrogens is 302 g/mol. The minimum Gasteiger partial charge on any atom is -0.505 e. The largest absolute Gasteiger partial charge is 0.505 e. The van der Waals surface area contributed by atoms with Gasteiger partial charge in [-0.1, -0.05) is 11.6 Å². The van der Waals surface area contributed by atoms with Crippen LogP contribution in [0.3, 0.4) is 0 Å². The van der Waals surface area contributed by atoms with Crippen LogP contribution in [-0.2, 0) is 6.61 Å². The average Bonchev–Trinajstić information content (AvgIpc) is 2.48. The number of nitrogens with zero attached hydrogens (tertiary/aromatic N) is 3. The molecule has 1 aromatic carbocycles. The van der Waals surface area contributed by atoms with Gasteiger partial charge >= 0.3 is 0 Å². The fourth-order valence-electron chi connectivity index (χ4n) is 2.03. The third-order valence-corrected chi connectivity index (χ3v) is 3.52. The maximum atomic E-state index is 10.1. The second-order valence-corrected chi connectivity index (χ2v) is 5.51. The summed E-state index contributed by atoms with van der Waals surface area (Å²) in [6, 6.07) is 5.42. The first-order valence-corrected chi connectivity index (χ1v) is 7.11. The summed E-state index contributed by atoms with van der Waals surface area (Å²) >= 11 is 6.03. The Morgan fingerprint density at radius 3 is 2.73 bits per heavy atom. The van der Waals surface area contributed by atoms with E-state index in [4.69, 9.17) is 11.6 Å². The molecule has 5 nitrogen and oxygen atoms in total. The van der Waals surface area contributed by atoms with Crippen molar-refractivity contribution in [2.45, 2.75) is 13.5 Å². The van der Waals surface area contributed by atoms with E-state index >= 15 is 0 Å². The third-order valence-electron chi connectivity index (χ3n) is 3.28. The van der Waals surface area contributed by atoms with E-state index in [9.17, 15) is 10.2 Å². The number of aliphatic hydroxyl groups is 1. The number of aromatic nitrogens is 1. The first-order valence-electron chi connectivity index (χ1n) is 6.73. The number of aliphatic imine (C=N–C) groups is 1. The van der Waals surface area contributed by atoms with Gasteiger partial charge < -0.3 is 15.1 Å². The minimum absolute atomic E-state index is 0.0173. The molecule has 22 heavy (non-hydrogen) atoms. The Bertz CT molecular complexity index is 715. The van der Waals surface area contributed by atoms with Gasteiger partial charge in [0.1, 0.15) is 5.75 Å². The standard InChI is InChI=1S/C16H18ClN3O2/c1-10-16(22)13(11(9-21)7-18-10)8-19-14-6-12(17)4-5-15(14)20(2)3/h4-8,21-22H,9H2,1-3H3. The normalized spacial score (nSPS) is 11.1. The Hall–Kier alpha value is -2.11. The van der Waals surface area contributed by atoms with Crippen molar-refractivity contribution in [3.05, 3.63) is 46.2 Å². The van der Waals surface area contributed by atoms with Crippen LogP contribution in [0.15, 0.2) is 29.4 Å². The van der Waals surface area contributed by atoms with E-state index in [0.29, 0.717) is 27.5 Å². The van der Waals surface area contributed by atoms with Crippen LogP contribution in [0.2, 0.25) is 5.02 Å². The van der Waals surface area contributed by atoms with E-state index in [1.54, 1.807) is 19.1 Å². The topological polar surface area (TPSA) is 69.0 Å². The van der Waals surface area contributed by atoms with Crippen LogP contribution in [0.4, 0.5) is 11.4 Å². The summed E-state index contributed by atoms with van der Waals surface area (Å²) in [6.07, 6.45) is 3.05. The Morgan fingerprint density at radius 1 is 1.36 bits per heavy atom. The highest BCUT2D eigenvalue weighted by atomic mass is 35.5. The first-order chi connectivity index (χ1) is 10.4. The summed E-state index contributed by atoms with van der Waals surface area (Å²) in [6.45, 7) is 1.47. The molecule has 116 valence electrons. The highest BCUT2D eigenvalue weighted by Gasteiger charge is 2.10. The van der Waals surface area contributed by atoms with Crippen LogP contribution >= 0.6 is 11.6 Å². The Labute approximate surface area is 134 Å². The van der Waals surface area contributed by atoms with Gasteiger partial charge in [-0.3, -0.25) is 9.98 Å². The molecular formula is C16H18ClN3O2. The number of pyridine rings is 1. The smallest absolute Gasteiger partial charge is 0.145 e. The fourth-order valence-corrected chi connectivity index (χ4v) is 2.20. The maximum Gasteiger partial charge on any atom is 0.145 e. The zero-order valence-corrected chi connectivity index (χ0v) is 13.5. The summed E-state index contributed by atoms with van der Waals surface area (Å²) in [5.74, 6) is 0.0173. The number of aryl methyl sites for hydroxylation is 1. The monoisotopic (exact) mass is 319 g/mol. The van der Waals surface area contributed by atoms with E-state index < -0.39 is 0 Å². The van der Waals surface area contributed by atoms with Crippen molar-refractivity contribution >= 4 is 29.2 Å². The lowest BCUT2D eigenvalue weighted by Gasteiger charge is -2.15. The van der Waals surface area contributed by atoms with E-state index in [1.807, 2.05) is 25.1 Å². The van der Waals surface area contributed by atoms with Crippen molar-refractivity contribution in [1.29, 1.82) is 0 Å². The lowest BCUT2D eigenvalue weighted by Crippen LogP contribution is -2.08. The molecule has 0 unspecified atom stereocenters. The molecule has 2 rings (SSSR count). The van der Waals surface area contributed by atoms with E-state index in [0.717, 1.165) is 5.69 Å². The van der Waals surface area contributed by atoms with Gasteiger partial charge in [-0.05, 0) is 25.1 Å². The van der Waals surface area contributed by atoms with Crippen LogP contribution in [0.25, 0.3) is 0 Å². The van der Waals surface area contributed by atoms with Gasteiger partial charge in [-0.25, -0.2) is 0 Å². The summed E-state index contributed by atoms with van der Waals surface area (Å²) in [5.41, 5.74) is 3.03. The highest BCUT2D eigenvalue weighted by Crippen LogP contribution is 2.31. The number of hydrogen-bond acceptors (Lipinski definition) is 5. The molecule has 0 atom stereocenters. The summed E-state index contributed by atoms with van der Waals surface area (Å²) in [7, 11) is 3.82. The Morgan fingerprint density at radius 2 is 2.09 bits per heavy atom. The summed E-state index contributed by atoms with van der Waals surface area (Å²) < 4.78 is 0. The maximum absolute atomic E-state index is 10.1. The average molecular weight is 320 g/mol.